The van der Waals surface area contributed by atoms with E-state index in [0.717, 1.165) is 11.7 Å². The largest absolute Gasteiger partial charge is 0.480 e. The second kappa shape index (κ2) is 10.6. The second-order valence-electron chi connectivity index (χ2n) is 5.96. The van der Waals surface area contributed by atoms with Gasteiger partial charge in [-0.05, 0) is 31.9 Å². The number of rotatable bonds is 12. The molecule has 0 heterocycles. The molecule has 114 valence electrons. The fourth-order valence-electron chi connectivity index (χ4n) is 2.15. The number of unbranched alkanes of at least 4 members (excludes halogenated alkanes) is 3. The van der Waals surface area contributed by atoms with Crippen LogP contribution in [-0.2, 0) is 4.79 Å². The minimum Gasteiger partial charge on any atom is -0.480 e. The van der Waals surface area contributed by atoms with Crippen LogP contribution in [0.1, 0.15) is 79.1 Å². The van der Waals surface area contributed by atoms with Gasteiger partial charge in [0.05, 0.1) is 0 Å². The van der Waals surface area contributed by atoms with Crippen molar-refractivity contribution in [2.75, 3.05) is 5.75 Å². The Morgan fingerprint density at radius 1 is 1.05 bits per heavy atom. The lowest BCUT2D eigenvalue weighted by Crippen LogP contribution is -2.27. The molecular weight excluding hydrogens is 256 g/mol. The molecule has 0 rings (SSSR count). The Balaban J connectivity index is 3.99. The zero-order valence-corrected chi connectivity index (χ0v) is 14.0. The van der Waals surface area contributed by atoms with E-state index in [-0.39, 0.29) is 0 Å². The van der Waals surface area contributed by atoms with Crippen molar-refractivity contribution in [1.82, 2.24) is 0 Å². The van der Waals surface area contributed by atoms with E-state index in [2.05, 4.69) is 13.8 Å². The number of hydrogen-bond donors (Lipinski definition) is 1. The van der Waals surface area contributed by atoms with Crippen LogP contribution in [0.15, 0.2) is 0 Å². The van der Waals surface area contributed by atoms with E-state index in [1.807, 2.05) is 0 Å². The quantitative estimate of drug-likeness (QED) is 0.491. The van der Waals surface area contributed by atoms with Gasteiger partial charge in [0.25, 0.3) is 0 Å². The SMILES string of the molecule is CCCCCC(CCCC)CCSC(C)(C)C(=O)O. The molecule has 0 fully saturated rings. The van der Waals surface area contributed by atoms with E-state index in [9.17, 15) is 4.79 Å². The summed E-state index contributed by atoms with van der Waals surface area (Å²) in [4.78, 5) is 11.1. The van der Waals surface area contributed by atoms with Crippen molar-refractivity contribution in [1.29, 1.82) is 0 Å². The van der Waals surface area contributed by atoms with Gasteiger partial charge in [-0.1, -0.05) is 58.8 Å². The molecule has 0 aromatic heterocycles. The predicted octanol–water partition coefficient (Wildman–Crippen LogP) is 5.36. The van der Waals surface area contributed by atoms with Crippen molar-refractivity contribution in [3.8, 4) is 0 Å². The minimum absolute atomic E-state index is 0.640. The van der Waals surface area contributed by atoms with Crippen LogP contribution in [0.5, 0.6) is 0 Å². The first-order chi connectivity index (χ1) is 8.94. The Kier molecular flexibility index (Phi) is 10.5. The van der Waals surface area contributed by atoms with Crippen LogP contribution in [0.4, 0.5) is 0 Å². The number of carbonyl (C=O) groups is 1. The Labute approximate surface area is 123 Å². The van der Waals surface area contributed by atoms with Gasteiger partial charge in [0.1, 0.15) is 4.75 Å². The smallest absolute Gasteiger partial charge is 0.319 e. The predicted molar refractivity (Wildman–Crippen MR) is 85.9 cm³/mol. The molecule has 0 radical (unpaired) electrons. The van der Waals surface area contributed by atoms with Crippen LogP contribution in [-0.4, -0.2) is 21.6 Å². The van der Waals surface area contributed by atoms with Gasteiger partial charge in [0.15, 0.2) is 0 Å². The van der Waals surface area contributed by atoms with E-state index >= 15 is 0 Å². The highest BCUT2D eigenvalue weighted by Gasteiger charge is 2.27. The monoisotopic (exact) mass is 288 g/mol. The minimum atomic E-state index is -0.700. The second-order valence-corrected chi connectivity index (χ2v) is 7.67. The van der Waals surface area contributed by atoms with Gasteiger partial charge in [-0.25, -0.2) is 0 Å². The van der Waals surface area contributed by atoms with Crippen LogP contribution >= 0.6 is 11.8 Å². The highest BCUT2D eigenvalue weighted by molar-refractivity contribution is 8.01. The van der Waals surface area contributed by atoms with Gasteiger partial charge >= 0.3 is 5.97 Å². The topological polar surface area (TPSA) is 37.3 Å². The summed E-state index contributed by atoms with van der Waals surface area (Å²) in [6, 6.07) is 0. The summed E-state index contributed by atoms with van der Waals surface area (Å²) in [6.07, 6.45) is 10.3. The standard InChI is InChI=1S/C16H32O2S/c1-5-7-9-11-14(10-8-6-2)12-13-19-16(3,4)15(17)18/h14H,5-13H2,1-4H3,(H,17,18). The van der Waals surface area contributed by atoms with Crippen molar-refractivity contribution < 1.29 is 9.90 Å². The third-order valence-electron chi connectivity index (χ3n) is 3.69. The average molecular weight is 288 g/mol. The lowest BCUT2D eigenvalue weighted by atomic mass is 9.93. The molecule has 1 N–H and O–H groups in total. The molecule has 0 bridgehead atoms. The number of carboxylic acids is 1. The summed E-state index contributed by atoms with van der Waals surface area (Å²) in [5.74, 6) is 1.07. The van der Waals surface area contributed by atoms with Gasteiger partial charge in [-0.2, -0.15) is 0 Å². The van der Waals surface area contributed by atoms with Crippen molar-refractivity contribution in [3.63, 3.8) is 0 Å². The zero-order chi connectivity index (χ0) is 14.7. The molecular formula is C16H32O2S. The number of aliphatic carboxylic acids is 1. The van der Waals surface area contributed by atoms with Crippen LogP contribution < -0.4 is 0 Å². The molecule has 0 amide bonds. The molecule has 2 nitrogen and oxygen atoms in total. The van der Waals surface area contributed by atoms with Gasteiger partial charge in [0.2, 0.25) is 0 Å². The molecule has 0 aromatic carbocycles. The molecule has 19 heavy (non-hydrogen) atoms. The fourth-order valence-corrected chi connectivity index (χ4v) is 3.24. The molecule has 1 atom stereocenters. The van der Waals surface area contributed by atoms with Crippen molar-refractivity contribution in [2.24, 2.45) is 5.92 Å². The number of hydrogen-bond acceptors (Lipinski definition) is 2. The van der Waals surface area contributed by atoms with E-state index in [1.165, 1.54) is 51.4 Å². The van der Waals surface area contributed by atoms with Gasteiger partial charge in [-0.3, -0.25) is 4.79 Å². The molecule has 0 spiro atoms. The Morgan fingerprint density at radius 3 is 2.16 bits per heavy atom. The van der Waals surface area contributed by atoms with Gasteiger partial charge in [0, 0.05) is 0 Å². The molecule has 3 heteroatoms. The van der Waals surface area contributed by atoms with Crippen LogP contribution in [0.25, 0.3) is 0 Å². The molecule has 0 aromatic rings. The molecule has 0 saturated heterocycles. The molecule has 1 unspecified atom stereocenters. The summed E-state index contributed by atoms with van der Waals surface area (Å²) in [5, 5.41) is 9.10. The van der Waals surface area contributed by atoms with Crippen LogP contribution in [0.3, 0.4) is 0 Å². The normalized spacial score (nSPS) is 13.5. The lowest BCUT2D eigenvalue weighted by Gasteiger charge is -2.21. The molecule has 0 aliphatic carbocycles. The van der Waals surface area contributed by atoms with E-state index in [1.54, 1.807) is 25.6 Å². The molecule has 0 aliphatic rings. The van der Waals surface area contributed by atoms with E-state index in [4.69, 9.17) is 5.11 Å². The third-order valence-corrected chi connectivity index (χ3v) is 5.02. The zero-order valence-electron chi connectivity index (χ0n) is 13.2. The first kappa shape index (κ1) is 18.8. The maximum atomic E-state index is 11.1. The first-order valence-electron chi connectivity index (χ1n) is 7.81. The van der Waals surface area contributed by atoms with Crippen LogP contribution in [0, 0.1) is 5.92 Å². The van der Waals surface area contributed by atoms with Crippen molar-refractivity contribution >= 4 is 17.7 Å². The molecule has 0 saturated carbocycles. The number of thioether (sulfide) groups is 1. The Morgan fingerprint density at radius 2 is 1.63 bits per heavy atom. The van der Waals surface area contributed by atoms with Crippen LogP contribution in [0.2, 0.25) is 0 Å². The first-order valence-corrected chi connectivity index (χ1v) is 8.80. The lowest BCUT2D eigenvalue weighted by molar-refractivity contribution is -0.138. The third kappa shape index (κ3) is 9.37. The highest BCUT2D eigenvalue weighted by atomic mass is 32.2. The van der Waals surface area contributed by atoms with E-state index < -0.39 is 10.7 Å². The summed E-state index contributed by atoms with van der Waals surface area (Å²) < 4.78 is -0.640. The Bertz CT molecular complexity index is 239. The van der Waals surface area contributed by atoms with Crippen molar-refractivity contribution in [2.45, 2.75) is 83.8 Å². The number of carboxylic acid groups (broad SMARTS) is 1. The summed E-state index contributed by atoms with van der Waals surface area (Å²) in [5.41, 5.74) is 0. The fraction of sp³-hybridized carbons (Fsp3) is 0.938. The average Bonchev–Trinajstić information content (AvgIpc) is 2.35. The Hall–Kier alpha value is -0.180. The summed E-state index contributed by atoms with van der Waals surface area (Å²) in [7, 11) is 0. The molecule has 0 aliphatic heterocycles. The summed E-state index contributed by atoms with van der Waals surface area (Å²) in [6.45, 7) is 8.09. The summed E-state index contributed by atoms with van der Waals surface area (Å²) >= 11 is 1.59. The maximum Gasteiger partial charge on any atom is 0.319 e. The highest BCUT2D eigenvalue weighted by Crippen LogP contribution is 2.29. The maximum absolute atomic E-state index is 11.1. The van der Waals surface area contributed by atoms with Crippen molar-refractivity contribution in [3.05, 3.63) is 0 Å². The van der Waals surface area contributed by atoms with E-state index in [0.29, 0.717) is 0 Å². The van der Waals surface area contributed by atoms with Gasteiger partial charge in [-0.15, -0.1) is 11.8 Å². The van der Waals surface area contributed by atoms with Gasteiger partial charge < -0.3 is 5.11 Å².